The number of benzene rings is 14. The van der Waals surface area contributed by atoms with Crippen LogP contribution in [0.4, 0.5) is 34.1 Å². The van der Waals surface area contributed by atoms with Crippen molar-refractivity contribution in [2.75, 3.05) is 9.80 Å². The third kappa shape index (κ3) is 10.3. The molecule has 488 valence electrons. The molecule has 0 spiro atoms. The summed E-state index contributed by atoms with van der Waals surface area (Å²) in [5.41, 5.74) is 18.9. The molecule has 17 rings (SSSR count). The van der Waals surface area contributed by atoms with E-state index in [0.717, 1.165) is 34.1 Å². The van der Waals surface area contributed by atoms with E-state index in [4.69, 9.17) is 0 Å². The van der Waals surface area contributed by atoms with E-state index >= 15 is 0 Å². The van der Waals surface area contributed by atoms with E-state index in [9.17, 15) is 0 Å². The quantitative estimate of drug-likeness (QED) is 0.0842. The van der Waals surface area contributed by atoms with E-state index in [1.54, 1.807) is 0 Å². The van der Waals surface area contributed by atoms with Gasteiger partial charge in [-0.3, -0.25) is 0 Å². The number of para-hydroxylation sites is 2. The molecule has 0 amide bonds. The lowest BCUT2D eigenvalue weighted by atomic mass is 9.33. The van der Waals surface area contributed by atoms with Crippen LogP contribution in [0.1, 0.15) is 77.6 Å². The highest BCUT2D eigenvalue weighted by atomic mass is 28.3. The van der Waals surface area contributed by atoms with Gasteiger partial charge in [-0.25, -0.2) is 0 Å². The van der Waals surface area contributed by atoms with Crippen LogP contribution in [0.5, 0.6) is 0 Å². The van der Waals surface area contributed by atoms with Gasteiger partial charge in [-0.15, -0.1) is 0 Å². The third-order valence-electron chi connectivity index (χ3n) is 22.3. The summed E-state index contributed by atoms with van der Waals surface area (Å²) in [4.78, 5) is 5.35. The first-order chi connectivity index (χ1) is 49.1. The van der Waals surface area contributed by atoms with Crippen LogP contribution in [0.2, 0.25) is 0 Å². The van der Waals surface area contributed by atoms with Gasteiger partial charge in [-0.2, -0.15) is 0 Å². The molecule has 0 bridgehead atoms. The van der Waals surface area contributed by atoms with Crippen LogP contribution in [0.25, 0.3) is 27.5 Å². The molecule has 0 unspecified atom stereocenters. The zero-order chi connectivity index (χ0) is 68.8. The lowest BCUT2D eigenvalue weighted by Gasteiger charge is -2.47. The number of rotatable bonds is 13. The molecule has 3 heterocycles. The van der Waals surface area contributed by atoms with Crippen LogP contribution in [-0.2, 0) is 16.2 Å². The van der Waals surface area contributed by atoms with Gasteiger partial charge in [-0.1, -0.05) is 341 Å². The zero-order valence-electron chi connectivity index (χ0n) is 58.9. The third-order valence-corrected chi connectivity index (χ3v) is 31.8. The maximum Gasteiger partial charge on any atom is 0.252 e. The van der Waals surface area contributed by atoms with Crippen LogP contribution in [0.15, 0.2) is 352 Å². The van der Waals surface area contributed by atoms with E-state index < -0.39 is 16.1 Å². The minimum absolute atomic E-state index is 0.0701. The minimum Gasteiger partial charge on any atom is -0.311 e. The average molecular weight is 1330 g/mol. The molecule has 2 aliphatic heterocycles. The van der Waals surface area contributed by atoms with Gasteiger partial charge in [0, 0.05) is 50.3 Å². The van der Waals surface area contributed by atoms with Crippen molar-refractivity contribution in [2.45, 2.75) is 71.6 Å². The van der Waals surface area contributed by atoms with Crippen LogP contribution in [0.3, 0.4) is 0 Å². The predicted octanol–water partition coefficient (Wildman–Crippen LogP) is 16.5. The summed E-state index contributed by atoms with van der Waals surface area (Å²) in [6.45, 7) is 18.5. The zero-order valence-corrected chi connectivity index (χ0v) is 60.9. The molecule has 14 aromatic carbocycles. The van der Waals surface area contributed by atoms with Crippen molar-refractivity contribution in [1.29, 1.82) is 0 Å². The van der Waals surface area contributed by atoms with Gasteiger partial charge >= 0.3 is 0 Å². The van der Waals surface area contributed by atoms with Gasteiger partial charge < -0.3 is 14.4 Å². The van der Waals surface area contributed by atoms with Crippen molar-refractivity contribution < 1.29 is 0 Å². The molecular weight excluding hydrogens is 1250 g/mol. The first-order valence-electron chi connectivity index (χ1n) is 35.8. The Bertz CT molecular complexity index is 5290. The second-order valence-electron chi connectivity index (χ2n) is 30.4. The Hall–Kier alpha value is -11.0. The molecular formula is C95H82BN3Si2. The SMILES string of the molecule is CC(C)(C)c1ccc2c(c1)c1cc(C(C)(C)C)ccc1n2-c1cc2c3c(c1)N(c1ccccc1)c1c(cccc1[Si](c1ccccc1)(c1ccccc1)c1ccccc1)B3c1cc([Si](c3ccccc3)(c3ccccc3)c3ccccc3)ccc1N2c1ccc(C(C)(C)c2ccccc2)cc1. The maximum atomic E-state index is 2.71. The van der Waals surface area contributed by atoms with Gasteiger partial charge in [0.1, 0.15) is 0 Å². The normalized spacial score (nSPS) is 13.1. The lowest BCUT2D eigenvalue weighted by molar-refractivity contribution is 0.590. The Morgan fingerprint density at radius 1 is 0.267 bits per heavy atom. The van der Waals surface area contributed by atoms with Crippen molar-refractivity contribution in [3.8, 4) is 5.69 Å². The van der Waals surface area contributed by atoms with Gasteiger partial charge in [0.05, 0.1) is 16.7 Å². The summed E-state index contributed by atoms with van der Waals surface area (Å²) in [6, 6.07) is 136. The highest BCUT2D eigenvalue weighted by Gasteiger charge is 2.51. The molecule has 2 aliphatic rings. The second kappa shape index (κ2) is 24.7. The summed E-state index contributed by atoms with van der Waals surface area (Å²) in [5, 5.41) is 13.2. The van der Waals surface area contributed by atoms with E-state index in [-0.39, 0.29) is 23.0 Å². The first-order valence-corrected chi connectivity index (χ1v) is 39.8. The Morgan fingerprint density at radius 2 is 0.653 bits per heavy atom. The average Bonchev–Trinajstić information content (AvgIpc) is 0.716. The fourth-order valence-corrected chi connectivity index (χ4v) is 27.0. The Labute approximate surface area is 598 Å². The molecule has 0 aliphatic carbocycles. The summed E-state index contributed by atoms with van der Waals surface area (Å²) in [6.07, 6.45) is 0. The fraction of sp³-hybridized carbons (Fsp3) is 0.116. The highest BCUT2D eigenvalue weighted by Crippen LogP contribution is 2.48. The standard InChI is InChI=1S/C95H82BN3Si2/c1-93(2,3)69-54-59-85-81(62-69)82-63-70(94(4,5)6)55-60-86(82)98(85)73-64-88-91-89(65-73)99(71-36-19-10-20-37-71)92-83(50-33-51-90(92)101(77-44-27-14-28-45-77,78-46-29-15-30-47-78)79-48-31-16-32-49-79)96(91)84-66-80(100(74-38-21-11-22-39-74,75-40-23-12-24-41-75)76-42-25-13-26-43-76)58-61-87(84)97(88)72-56-52-68(53-57-72)95(7,8)67-34-17-9-18-35-67/h9-66H,1-8H3. The molecule has 6 heteroatoms. The van der Waals surface area contributed by atoms with E-state index in [2.05, 4.69) is 422 Å². The molecule has 101 heavy (non-hydrogen) atoms. The van der Waals surface area contributed by atoms with Crippen molar-refractivity contribution in [3.63, 3.8) is 0 Å². The smallest absolute Gasteiger partial charge is 0.252 e. The summed E-state index contributed by atoms with van der Waals surface area (Å²) in [7, 11) is -6.46. The Balaban J connectivity index is 1.05. The number of hydrogen-bond acceptors (Lipinski definition) is 2. The predicted molar refractivity (Wildman–Crippen MR) is 438 cm³/mol. The molecule has 0 fully saturated rings. The molecule has 0 atom stereocenters. The maximum absolute atomic E-state index is 3.32. The second-order valence-corrected chi connectivity index (χ2v) is 38.0. The molecule has 0 radical (unpaired) electrons. The molecule has 0 saturated carbocycles. The first kappa shape index (κ1) is 63.4. The van der Waals surface area contributed by atoms with Crippen LogP contribution < -0.4 is 67.7 Å². The fourth-order valence-electron chi connectivity index (χ4n) is 17.2. The minimum atomic E-state index is -3.32. The van der Waals surface area contributed by atoms with Crippen LogP contribution in [-0.4, -0.2) is 27.4 Å². The number of nitrogens with zero attached hydrogens (tertiary/aromatic N) is 3. The van der Waals surface area contributed by atoms with Crippen LogP contribution >= 0.6 is 0 Å². The Kier molecular flexibility index (Phi) is 15.5. The van der Waals surface area contributed by atoms with Gasteiger partial charge in [-0.05, 0) is 158 Å². The van der Waals surface area contributed by atoms with Gasteiger partial charge in [0.2, 0.25) is 0 Å². The lowest BCUT2D eigenvalue weighted by Crippen LogP contribution is -2.76. The van der Waals surface area contributed by atoms with E-state index in [1.807, 2.05) is 0 Å². The number of fused-ring (bicyclic) bond motifs is 7. The molecule has 0 saturated heterocycles. The van der Waals surface area contributed by atoms with Crippen molar-refractivity contribution in [2.24, 2.45) is 0 Å². The monoisotopic (exact) mass is 1330 g/mol. The topological polar surface area (TPSA) is 11.4 Å². The van der Waals surface area contributed by atoms with Crippen molar-refractivity contribution in [3.05, 3.63) is 374 Å². The number of anilines is 6. The van der Waals surface area contributed by atoms with Crippen LogP contribution in [0, 0.1) is 0 Å². The largest absolute Gasteiger partial charge is 0.311 e. The van der Waals surface area contributed by atoms with Gasteiger partial charge in [0.15, 0.2) is 16.1 Å². The number of hydrogen-bond donors (Lipinski definition) is 0. The number of aromatic nitrogens is 1. The van der Waals surface area contributed by atoms with E-state index in [0.29, 0.717) is 0 Å². The molecule has 1 aromatic heterocycles. The van der Waals surface area contributed by atoms with Crippen molar-refractivity contribution in [1.82, 2.24) is 4.57 Å². The molecule has 15 aromatic rings. The van der Waals surface area contributed by atoms with E-state index in [1.165, 1.54) is 108 Å². The summed E-state index contributed by atoms with van der Waals surface area (Å²) >= 11 is 0. The summed E-state index contributed by atoms with van der Waals surface area (Å²) in [5.74, 6) is 0. The van der Waals surface area contributed by atoms with Crippen molar-refractivity contribution >= 4 is 137 Å². The molecule has 0 N–H and O–H groups in total. The molecule has 3 nitrogen and oxygen atoms in total. The van der Waals surface area contributed by atoms with Gasteiger partial charge in [0.25, 0.3) is 6.71 Å². The summed E-state index contributed by atoms with van der Waals surface area (Å²) < 4.78 is 2.60. The Morgan fingerprint density at radius 3 is 1.10 bits per heavy atom. The highest BCUT2D eigenvalue weighted by molar-refractivity contribution is 7.21.